The van der Waals surface area contributed by atoms with Gasteiger partial charge in [-0.2, -0.15) is 0 Å². The molecule has 0 aliphatic heterocycles. The number of halogens is 1. The third kappa shape index (κ3) is 3.62. The second-order valence-corrected chi connectivity index (χ2v) is 5.73. The Kier molecular flexibility index (Phi) is 5.08. The van der Waals surface area contributed by atoms with Crippen LogP contribution in [0.5, 0.6) is 5.75 Å². The van der Waals surface area contributed by atoms with Crippen molar-refractivity contribution in [3.63, 3.8) is 0 Å². The topological polar surface area (TPSA) is 32.7 Å². The predicted molar refractivity (Wildman–Crippen MR) is 77.7 cm³/mol. The van der Waals surface area contributed by atoms with Crippen LogP contribution in [0.1, 0.15) is 31.2 Å². The Bertz CT molecular complexity index is 425. The molecule has 1 N–H and O–H groups in total. The predicted octanol–water partition coefficient (Wildman–Crippen LogP) is 3.08. The van der Waals surface area contributed by atoms with Crippen LogP contribution >= 0.6 is 11.6 Å². The number of methoxy groups -OCH3 is 1. The van der Waals surface area contributed by atoms with Gasteiger partial charge in [0.2, 0.25) is 0 Å². The van der Waals surface area contributed by atoms with Crippen LogP contribution in [0.25, 0.3) is 0 Å². The summed E-state index contributed by atoms with van der Waals surface area (Å²) in [6.07, 6.45) is 4.07. The van der Waals surface area contributed by atoms with Crippen molar-refractivity contribution in [2.24, 2.45) is 0 Å². The molecule has 3 nitrogen and oxygen atoms in total. The zero-order chi connectivity index (χ0) is 13.8. The first-order chi connectivity index (χ1) is 9.11. The van der Waals surface area contributed by atoms with Gasteiger partial charge in [-0.3, -0.25) is 4.90 Å². The lowest BCUT2D eigenvalue weighted by Gasteiger charge is -2.35. The number of nitrogens with zero attached hydrogens (tertiary/aromatic N) is 1. The molecule has 1 aromatic rings. The van der Waals surface area contributed by atoms with Gasteiger partial charge in [-0.25, -0.2) is 0 Å². The molecule has 0 bridgehead atoms. The van der Waals surface area contributed by atoms with E-state index in [0.717, 1.165) is 37.1 Å². The minimum atomic E-state index is -0.219. The number of aliphatic hydroxyl groups is 1. The Labute approximate surface area is 120 Å². The Balaban J connectivity index is 2.09. The third-order valence-electron chi connectivity index (χ3n) is 3.92. The van der Waals surface area contributed by atoms with Crippen LogP contribution in [0.3, 0.4) is 0 Å². The highest BCUT2D eigenvalue weighted by Crippen LogP contribution is 2.27. The van der Waals surface area contributed by atoms with Gasteiger partial charge in [0, 0.05) is 23.2 Å². The molecule has 1 aromatic carbocycles. The van der Waals surface area contributed by atoms with Crippen molar-refractivity contribution in [3.8, 4) is 5.75 Å². The minimum absolute atomic E-state index is 0.219. The molecule has 0 radical (unpaired) electrons. The van der Waals surface area contributed by atoms with E-state index in [1.54, 1.807) is 7.11 Å². The molecule has 4 heteroatoms. The molecular formula is C15H22ClNO2. The van der Waals surface area contributed by atoms with Gasteiger partial charge in [-0.1, -0.05) is 24.4 Å². The Morgan fingerprint density at radius 1 is 1.37 bits per heavy atom. The molecule has 1 aliphatic carbocycles. The molecule has 0 saturated heterocycles. The summed E-state index contributed by atoms with van der Waals surface area (Å²) in [6, 6.07) is 5.89. The number of ether oxygens (including phenoxy) is 1. The number of hydrogen-bond donors (Lipinski definition) is 1. The molecule has 0 spiro atoms. The van der Waals surface area contributed by atoms with Crippen LogP contribution < -0.4 is 4.74 Å². The molecule has 19 heavy (non-hydrogen) atoms. The van der Waals surface area contributed by atoms with E-state index in [1.807, 2.05) is 18.2 Å². The van der Waals surface area contributed by atoms with Gasteiger partial charge >= 0.3 is 0 Å². The van der Waals surface area contributed by atoms with Crippen molar-refractivity contribution in [3.05, 3.63) is 28.8 Å². The maximum Gasteiger partial charge on any atom is 0.123 e. The summed E-state index contributed by atoms with van der Waals surface area (Å²) in [4.78, 5) is 2.21. The van der Waals surface area contributed by atoms with E-state index in [4.69, 9.17) is 16.3 Å². The number of benzene rings is 1. The molecule has 0 amide bonds. The lowest BCUT2D eigenvalue weighted by molar-refractivity contribution is 0.0285. The molecule has 1 saturated carbocycles. The summed E-state index contributed by atoms with van der Waals surface area (Å²) in [7, 11) is 3.72. The zero-order valence-corrected chi connectivity index (χ0v) is 12.4. The highest BCUT2D eigenvalue weighted by atomic mass is 35.5. The standard InChI is InChI=1S/C15H22ClNO2/c1-17(13-5-3-4-6-14(13)18)10-11-9-12(16)7-8-15(11)19-2/h7-9,13-14,18H,3-6,10H2,1-2H3. The smallest absolute Gasteiger partial charge is 0.123 e. The van der Waals surface area contributed by atoms with Crippen LogP contribution in [0, 0.1) is 0 Å². The van der Waals surface area contributed by atoms with Gasteiger partial charge in [-0.15, -0.1) is 0 Å². The fourth-order valence-electron chi connectivity index (χ4n) is 2.86. The van der Waals surface area contributed by atoms with E-state index in [0.29, 0.717) is 5.02 Å². The lowest BCUT2D eigenvalue weighted by Crippen LogP contribution is -2.42. The van der Waals surface area contributed by atoms with E-state index < -0.39 is 0 Å². The maximum atomic E-state index is 10.1. The normalized spacial score (nSPS) is 23.6. The zero-order valence-electron chi connectivity index (χ0n) is 11.6. The molecule has 1 fully saturated rings. The van der Waals surface area contributed by atoms with Crippen LogP contribution in [-0.4, -0.2) is 36.3 Å². The second-order valence-electron chi connectivity index (χ2n) is 5.29. The van der Waals surface area contributed by atoms with Crippen molar-refractivity contribution in [1.29, 1.82) is 0 Å². The molecule has 2 atom stereocenters. The molecule has 106 valence electrons. The Hall–Kier alpha value is -0.770. The van der Waals surface area contributed by atoms with E-state index in [1.165, 1.54) is 6.42 Å². The molecular weight excluding hydrogens is 262 g/mol. The fourth-order valence-corrected chi connectivity index (χ4v) is 3.06. The molecule has 0 aromatic heterocycles. The van der Waals surface area contributed by atoms with E-state index >= 15 is 0 Å². The van der Waals surface area contributed by atoms with E-state index in [2.05, 4.69) is 11.9 Å². The molecule has 1 aliphatic rings. The minimum Gasteiger partial charge on any atom is -0.496 e. The largest absolute Gasteiger partial charge is 0.496 e. The van der Waals surface area contributed by atoms with Gasteiger partial charge in [0.15, 0.2) is 0 Å². The summed E-state index contributed by atoms with van der Waals surface area (Å²) < 4.78 is 5.37. The maximum absolute atomic E-state index is 10.1. The first kappa shape index (κ1) is 14.6. The third-order valence-corrected chi connectivity index (χ3v) is 4.16. The Morgan fingerprint density at radius 3 is 2.79 bits per heavy atom. The average molecular weight is 284 g/mol. The SMILES string of the molecule is COc1ccc(Cl)cc1CN(C)C1CCCCC1O. The first-order valence-corrected chi connectivity index (χ1v) is 7.20. The van der Waals surface area contributed by atoms with Crippen LogP contribution in [0.15, 0.2) is 18.2 Å². The monoisotopic (exact) mass is 283 g/mol. The lowest BCUT2D eigenvalue weighted by atomic mass is 9.91. The number of rotatable bonds is 4. The summed E-state index contributed by atoms with van der Waals surface area (Å²) in [5.41, 5.74) is 1.07. The van der Waals surface area contributed by atoms with Crippen molar-refractivity contribution >= 4 is 11.6 Å². The Morgan fingerprint density at radius 2 is 2.11 bits per heavy atom. The second kappa shape index (κ2) is 6.60. The van der Waals surface area contributed by atoms with E-state index in [9.17, 15) is 5.11 Å². The quantitative estimate of drug-likeness (QED) is 0.922. The van der Waals surface area contributed by atoms with Crippen LogP contribution in [0.2, 0.25) is 5.02 Å². The molecule has 0 heterocycles. The summed E-state index contributed by atoms with van der Waals surface area (Å²) in [5.74, 6) is 0.849. The summed E-state index contributed by atoms with van der Waals surface area (Å²) >= 11 is 6.05. The van der Waals surface area contributed by atoms with Gasteiger partial charge in [0.1, 0.15) is 5.75 Å². The van der Waals surface area contributed by atoms with Crippen molar-refractivity contribution in [2.75, 3.05) is 14.2 Å². The van der Waals surface area contributed by atoms with Gasteiger partial charge in [-0.05, 0) is 38.1 Å². The van der Waals surface area contributed by atoms with Crippen LogP contribution in [-0.2, 0) is 6.54 Å². The number of likely N-dealkylation sites (N-methyl/N-ethyl adjacent to an activating group) is 1. The molecule has 2 unspecified atom stereocenters. The average Bonchev–Trinajstić information content (AvgIpc) is 2.39. The summed E-state index contributed by atoms with van der Waals surface area (Å²) in [5, 5.41) is 10.8. The van der Waals surface area contributed by atoms with Crippen molar-refractivity contribution in [1.82, 2.24) is 4.90 Å². The van der Waals surface area contributed by atoms with Crippen LogP contribution in [0.4, 0.5) is 0 Å². The highest BCUT2D eigenvalue weighted by Gasteiger charge is 2.26. The molecule has 2 rings (SSSR count). The van der Waals surface area contributed by atoms with Gasteiger partial charge in [0.25, 0.3) is 0 Å². The first-order valence-electron chi connectivity index (χ1n) is 6.82. The van der Waals surface area contributed by atoms with Gasteiger partial charge in [0.05, 0.1) is 13.2 Å². The fraction of sp³-hybridized carbons (Fsp3) is 0.600. The summed E-state index contributed by atoms with van der Waals surface area (Å²) in [6.45, 7) is 0.742. The van der Waals surface area contributed by atoms with Gasteiger partial charge < -0.3 is 9.84 Å². The van der Waals surface area contributed by atoms with Crippen molar-refractivity contribution in [2.45, 2.75) is 44.4 Å². The number of hydrogen-bond acceptors (Lipinski definition) is 3. The highest BCUT2D eigenvalue weighted by molar-refractivity contribution is 6.30. The van der Waals surface area contributed by atoms with Crippen molar-refractivity contribution < 1.29 is 9.84 Å². The van der Waals surface area contributed by atoms with E-state index in [-0.39, 0.29) is 12.1 Å². The number of aliphatic hydroxyl groups excluding tert-OH is 1.